The molecule has 0 spiro atoms. The fraction of sp³-hybridized carbons (Fsp3) is 0. The standard InChI is InChI=1S/C24H17N/c1-3-8-17(9-4-1)19-14-15-22-21(16-19)24-20(12-7-13-23(24)25-22)18-10-5-2-6-11-18/h1-16,25H. The van der Waals surface area contributed by atoms with Crippen LogP contribution in [-0.2, 0) is 0 Å². The van der Waals surface area contributed by atoms with Crippen LogP contribution in [0, 0.1) is 0 Å². The Labute approximate surface area is 146 Å². The highest BCUT2D eigenvalue weighted by molar-refractivity contribution is 6.15. The summed E-state index contributed by atoms with van der Waals surface area (Å²) in [6.45, 7) is 0. The van der Waals surface area contributed by atoms with Crippen LogP contribution in [0.25, 0.3) is 44.1 Å². The molecule has 0 saturated carbocycles. The molecule has 0 atom stereocenters. The number of H-pyrrole nitrogens is 1. The number of benzene rings is 4. The lowest BCUT2D eigenvalue weighted by molar-refractivity contribution is 1.54. The van der Waals surface area contributed by atoms with E-state index in [1.165, 1.54) is 44.1 Å². The highest BCUT2D eigenvalue weighted by Crippen LogP contribution is 2.36. The maximum Gasteiger partial charge on any atom is 0.0471 e. The van der Waals surface area contributed by atoms with Gasteiger partial charge in [-0.25, -0.2) is 0 Å². The molecule has 0 aliphatic carbocycles. The van der Waals surface area contributed by atoms with E-state index in [2.05, 4.69) is 102 Å². The Kier molecular flexibility index (Phi) is 3.17. The van der Waals surface area contributed by atoms with Gasteiger partial charge in [-0.1, -0.05) is 78.9 Å². The van der Waals surface area contributed by atoms with Crippen LogP contribution in [0.5, 0.6) is 0 Å². The average molecular weight is 319 g/mol. The van der Waals surface area contributed by atoms with Crippen LogP contribution >= 0.6 is 0 Å². The largest absolute Gasteiger partial charge is 0.354 e. The third-order valence-corrected chi connectivity index (χ3v) is 4.81. The Morgan fingerprint density at radius 3 is 1.96 bits per heavy atom. The molecule has 118 valence electrons. The van der Waals surface area contributed by atoms with Crippen molar-refractivity contribution in [1.29, 1.82) is 0 Å². The second kappa shape index (κ2) is 5.64. The zero-order valence-electron chi connectivity index (χ0n) is 13.7. The van der Waals surface area contributed by atoms with Gasteiger partial charge in [-0.3, -0.25) is 0 Å². The smallest absolute Gasteiger partial charge is 0.0471 e. The molecule has 0 aliphatic heterocycles. The second-order valence-corrected chi connectivity index (χ2v) is 6.35. The summed E-state index contributed by atoms with van der Waals surface area (Å²) in [6.07, 6.45) is 0. The van der Waals surface area contributed by atoms with Gasteiger partial charge in [-0.2, -0.15) is 0 Å². The number of nitrogens with one attached hydrogen (secondary N) is 1. The minimum absolute atomic E-state index is 1.18. The van der Waals surface area contributed by atoms with Crippen LogP contribution in [0.3, 0.4) is 0 Å². The summed E-state index contributed by atoms with van der Waals surface area (Å²) in [5.41, 5.74) is 7.38. The van der Waals surface area contributed by atoms with E-state index in [0.717, 1.165) is 0 Å². The molecule has 1 heteroatoms. The molecule has 4 aromatic carbocycles. The van der Waals surface area contributed by atoms with Crippen molar-refractivity contribution in [2.24, 2.45) is 0 Å². The lowest BCUT2D eigenvalue weighted by atomic mass is 9.97. The minimum atomic E-state index is 1.18. The van der Waals surface area contributed by atoms with Crippen molar-refractivity contribution in [3.8, 4) is 22.3 Å². The Morgan fingerprint density at radius 1 is 0.480 bits per heavy atom. The summed E-state index contributed by atoms with van der Waals surface area (Å²) in [5, 5.41) is 2.57. The van der Waals surface area contributed by atoms with E-state index < -0.39 is 0 Å². The molecule has 1 nitrogen and oxygen atoms in total. The summed E-state index contributed by atoms with van der Waals surface area (Å²) in [6, 6.07) is 34.3. The highest BCUT2D eigenvalue weighted by atomic mass is 14.7. The van der Waals surface area contributed by atoms with Crippen molar-refractivity contribution in [3.05, 3.63) is 97.1 Å². The summed E-state index contributed by atoms with van der Waals surface area (Å²) in [5.74, 6) is 0. The van der Waals surface area contributed by atoms with E-state index >= 15 is 0 Å². The van der Waals surface area contributed by atoms with Crippen LogP contribution in [0.4, 0.5) is 0 Å². The molecule has 0 unspecified atom stereocenters. The second-order valence-electron chi connectivity index (χ2n) is 6.35. The number of rotatable bonds is 2. The van der Waals surface area contributed by atoms with Gasteiger partial charge in [0, 0.05) is 21.8 Å². The first-order valence-corrected chi connectivity index (χ1v) is 8.55. The molecule has 0 saturated heterocycles. The Hall–Kier alpha value is -3.32. The molecule has 5 rings (SSSR count). The third kappa shape index (κ3) is 2.33. The van der Waals surface area contributed by atoms with E-state index in [-0.39, 0.29) is 0 Å². The first kappa shape index (κ1) is 14.1. The van der Waals surface area contributed by atoms with E-state index in [1.54, 1.807) is 0 Å². The van der Waals surface area contributed by atoms with Gasteiger partial charge >= 0.3 is 0 Å². The fourth-order valence-corrected chi connectivity index (χ4v) is 3.62. The van der Waals surface area contributed by atoms with Crippen molar-refractivity contribution in [1.82, 2.24) is 4.98 Å². The van der Waals surface area contributed by atoms with Crippen molar-refractivity contribution in [3.63, 3.8) is 0 Å². The van der Waals surface area contributed by atoms with Gasteiger partial charge in [-0.05, 0) is 40.5 Å². The van der Waals surface area contributed by atoms with Crippen molar-refractivity contribution < 1.29 is 0 Å². The normalized spacial score (nSPS) is 11.2. The molecule has 25 heavy (non-hydrogen) atoms. The van der Waals surface area contributed by atoms with Gasteiger partial charge in [0.1, 0.15) is 0 Å². The molecule has 0 fully saturated rings. The monoisotopic (exact) mass is 319 g/mol. The lowest BCUT2D eigenvalue weighted by Gasteiger charge is -2.05. The number of hydrogen-bond acceptors (Lipinski definition) is 0. The van der Waals surface area contributed by atoms with Crippen LogP contribution in [-0.4, -0.2) is 4.98 Å². The predicted octanol–water partition coefficient (Wildman–Crippen LogP) is 6.66. The van der Waals surface area contributed by atoms with Crippen molar-refractivity contribution >= 4 is 21.8 Å². The number of aromatic nitrogens is 1. The van der Waals surface area contributed by atoms with Gasteiger partial charge in [-0.15, -0.1) is 0 Å². The lowest BCUT2D eigenvalue weighted by Crippen LogP contribution is -1.80. The number of aromatic amines is 1. The van der Waals surface area contributed by atoms with Crippen LogP contribution in [0.15, 0.2) is 97.1 Å². The molecule has 1 N–H and O–H groups in total. The maximum absolute atomic E-state index is 3.57. The Balaban J connectivity index is 1.83. The van der Waals surface area contributed by atoms with Gasteiger partial charge < -0.3 is 4.98 Å². The van der Waals surface area contributed by atoms with E-state index in [9.17, 15) is 0 Å². The summed E-state index contributed by atoms with van der Waals surface area (Å²) in [7, 11) is 0. The molecule has 1 heterocycles. The SMILES string of the molecule is c1ccc(-c2ccc3[nH]c4cccc(-c5ccccc5)c4c3c2)cc1. The third-order valence-electron chi connectivity index (χ3n) is 4.81. The van der Waals surface area contributed by atoms with Crippen LogP contribution < -0.4 is 0 Å². The van der Waals surface area contributed by atoms with Gasteiger partial charge in [0.15, 0.2) is 0 Å². The van der Waals surface area contributed by atoms with E-state index in [4.69, 9.17) is 0 Å². The first-order chi connectivity index (χ1) is 12.4. The molecule has 0 aliphatic rings. The van der Waals surface area contributed by atoms with Gasteiger partial charge in [0.25, 0.3) is 0 Å². The van der Waals surface area contributed by atoms with Crippen molar-refractivity contribution in [2.45, 2.75) is 0 Å². The Morgan fingerprint density at radius 2 is 1.20 bits per heavy atom. The zero-order valence-corrected chi connectivity index (χ0v) is 13.7. The minimum Gasteiger partial charge on any atom is -0.354 e. The highest BCUT2D eigenvalue weighted by Gasteiger charge is 2.11. The molecule has 1 aromatic heterocycles. The summed E-state index contributed by atoms with van der Waals surface area (Å²) < 4.78 is 0. The molecule has 0 radical (unpaired) electrons. The van der Waals surface area contributed by atoms with Gasteiger partial charge in [0.2, 0.25) is 0 Å². The average Bonchev–Trinajstić information content (AvgIpc) is 3.07. The summed E-state index contributed by atoms with van der Waals surface area (Å²) >= 11 is 0. The summed E-state index contributed by atoms with van der Waals surface area (Å²) in [4.78, 5) is 3.57. The van der Waals surface area contributed by atoms with Crippen LogP contribution in [0.1, 0.15) is 0 Å². The molecule has 5 aromatic rings. The molecular formula is C24H17N. The van der Waals surface area contributed by atoms with Crippen molar-refractivity contribution in [2.75, 3.05) is 0 Å². The topological polar surface area (TPSA) is 15.8 Å². The molecule has 0 amide bonds. The maximum atomic E-state index is 3.57. The quantitative estimate of drug-likeness (QED) is 0.374. The number of fused-ring (bicyclic) bond motifs is 3. The molecule has 0 bridgehead atoms. The number of hydrogen-bond donors (Lipinski definition) is 1. The zero-order chi connectivity index (χ0) is 16.6. The van der Waals surface area contributed by atoms with Crippen LogP contribution in [0.2, 0.25) is 0 Å². The van der Waals surface area contributed by atoms with E-state index in [1.807, 2.05) is 0 Å². The fourth-order valence-electron chi connectivity index (χ4n) is 3.62. The molecular weight excluding hydrogens is 302 g/mol. The van der Waals surface area contributed by atoms with Gasteiger partial charge in [0.05, 0.1) is 0 Å². The van der Waals surface area contributed by atoms with E-state index in [0.29, 0.717) is 0 Å². The first-order valence-electron chi connectivity index (χ1n) is 8.55. The Bertz CT molecular complexity index is 1170. The predicted molar refractivity (Wildman–Crippen MR) is 107 cm³/mol.